The van der Waals surface area contributed by atoms with Crippen molar-refractivity contribution in [3.63, 3.8) is 0 Å². The topological polar surface area (TPSA) is 12.0 Å². The standard InChI is InChI=1S/C17H35N/c1-3-5-6-7-8-9-10-11-12-17(18-4-2)15-16-13-14-16/h16-18H,3-15H2,1-2H3. The van der Waals surface area contributed by atoms with Crippen molar-refractivity contribution in [3.05, 3.63) is 0 Å². The Kier molecular flexibility index (Phi) is 9.65. The van der Waals surface area contributed by atoms with Gasteiger partial charge >= 0.3 is 0 Å². The molecule has 1 unspecified atom stereocenters. The molecule has 0 amide bonds. The molecule has 108 valence electrons. The molecule has 0 saturated heterocycles. The van der Waals surface area contributed by atoms with Crippen molar-refractivity contribution in [2.75, 3.05) is 6.54 Å². The first-order valence-electron chi connectivity index (χ1n) is 8.60. The minimum absolute atomic E-state index is 0.822. The van der Waals surface area contributed by atoms with E-state index in [0.29, 0.717) is 0 Å². The summed E-state index contributed by atoms with van der Waals surface area (Å²) in [5.74, 6) is 1.07. The minimum atomic E-state index is 0.822. The lowest BCUT2D eigenvalue weighted by molar-refractivity contribution is 0.420. The highest BCUT2D eigenvalue weighted by Gasteiger charge is 2.24. The van der Waals surface area contributed by atoms with Crippen LogP contribution in [0.5, 0.6) is 0 Å². The van der Waals surface area contributed by atoms with Crippen LogP contribution in [0.15, 0.2) is 0 Å². The summed E-state index contributed by atoms with van der Waals surface area (Å²) in [6, 6.07) is 0.822. The Hall–Kier alpha value is -0.0400. The van der Waals surface area contributed by atoms with Crippen LogP contribution < -0.4 is 5.32 Å². The zero-order valence-electron chi connectivity index (χ0n) is 12.8. The largest absolute Gasteiger partial charge is 0.314 e. The predicted molar refractivity (Wildman–Crippen MR) is 82.0 cm³/mol. The molecule has 1 rings (SSSR count). The molecule has 0 spiro atoms. The summed E-state index contributed by atoms with van der Waals surface area (Å²) in [5.41, 5.74) is 0. The molecule has 18 heavy (non-hydrogen) atoms. The fourth-order valence-electron chi connectivity index (χ4n) is 2.87. The number of rotatable bonds is 13. The van der Waals surface area contributed by atoms with E-state index in [-0.39, 0.29) is 0 Å². The van der Waals surface area contributed by atoms with Gasteiger partial charge in [-0.2, -0.15) is 0 Å². The maximum atomic E-state index is 3.67. The van der Waals surface area contributed by atoms with Gasteiger partial charge in [0.05, 0.1) is 0 Å². The molecule has 1 heteroatoms. The van der Waals surface area contributed by atoms with Crippen molar-refractivity contribution in [1.82, 2.24) is 5.32 Å². The van der Waals surface area contributed by atoms with E-state index in [9.17, 15) is 0 Å². The van der Waals surface area contributed by atoms with Crippen LogP contribution in [0.25, 0.3) is 0 Å². The Balaban J connectivity index is 1.87. The summed E-state index contributed by atoms with van der Waals surface area (Å²) in [6.07, 6.45) is 17.4. The Morgan fingerprint density at radius 3 is 2.06 bits per heavy atom. The van der Waals surface area contributed by atoms with E-state index in [1.54, 1.807) is 0 Å². The van der Waals surface area contributed by atoms with Crippen molar-refractivity contribution in [3.8, 4) is 0 Å². The number of unbranched alkanes of at least 4 members (excludes halogenated alkanes) is 7. The van der Waals surface area contributed by atoms with Crippen molar-refractivity contribution in [1.29, 1.82) is 0 Å². The molecule has 0 radical (unpaired) electrons. The number of nitrogens with one attached hydrogen (secondary N) is 1. The van der Waals surface area contributed by atoms with Crippen molar-refractivity contribution < 1.29 is 0 Å². The first-order valence-corrected chi connectivity index (χ1v) is 8.60. The molecule has 0 aromatic rings. The first-order chi connectivity index (χ1) is 8.86. The second-order valence-electron chi connectivity index (χ2n) is 6.20. The Bertz CT molecular complexity index is 174. The maximum absolute atomic E-state index is 3.67. The molecular weight excluding hydrogens is 218 g/mol. The van der Waals surface area contributed by atoms with Crippen molar-refractivity contribution in [2.45, 2.75) is 96.9 Å². The Morgan fingerprint density at radius 2 is 1.50 bits per heavy atom. The van der Waals surface area contributed by atoms with Crippen LogP contribution in [0.2, 0.25) is 0 Å². The lowest BCUT2D eigenvalue weighted by Crippen LogP contribution is -2.29. The van der Waals surface area contributed by atoms with Gasteiger partial charge < -0.3 is 5.32 Å². The van der Waals surface area contributed by atoms with Gasteiger partial charge in [-0.25, -0.2) is 0 Å². The van der Waals surface area contributed by atoms with E-state index >= 15 is 0 Å². The fourth-order valence-corrected chi connectivity index (χ4v) is 2.87. The molecule has 1 N–H and O–H groups in total. The molecule has 1 saturated carbocycles. The summed E-state index contributed by atoms with van der Waals surface area (Å²) < 4.78 is 0. The lowest BCUT2D eigenvalue weighted by Gasteiger charge is -2.17. The lowest BCUT2D eigenvalue weighted by atomic mass is 10.0. The highest BCUT2D eigenvalue weighted by molar-refractivity contribution is 4.79. The van der Waals surface area contributed by atoms with E-state index in [2.05, 4.69) is 19.2 Å². The summed E-state index contributed by atoms with van der Waals surface area (Å²) in [5, 5.41) is 3.67. The van der Waals surface area contributed by atoms with Crippen molar-refractivity contribution in [2.24, 2.45) is 5.92 Å². The second kappa shape index (κ2) is 10.8. The second-order valence-corrected chi connectivity index (χ2v) is 6.20. The molecule has 1 aliphatic carbocycles. The van der Waals surface area contributed by atoms with Crippen LogP contribution in [-0.2, 0) is 0 Å². The fraction of sp³-hybridized carbons (Fsp3) is 1.00. The van der Waals surface area contributed by atoms with E-state index < -0.39 is 0 Å². The minimum Gasteiger partial charge on any atom is -0.314 e. The Morgan fingerprint density at radius 1 is 0.889 bits per heavy atom. The van der Waals surface area contributed by atoms with Crippen LogP contribution in [0.1, 0.15) is 90.9 Å². The van der Waals surface area contributed by atoms with Gasteiger partial charge in [0.2, 0.25) is 0 Å². The summed E-state index contributed by atoms with van der Waals surface area (Å²) in [7, 11) is 0. The number of hydrogen-bond donors (Lipinski definition) is 1. The zero-order valence-corrected chi connectivity index (χ0v) is 12.8. The van der Waals surface area contributed by atoms with Crippen LogP contribution >= 0.6 is 0 Å². The normalized spacial score (nSPS) is 17.0. The average Bonchev–Trinajstić information content (AvgIpc) is 3.16. The predicted octanol–water partition coefficient (Wildman–Crippen LogP) is 5.30. The zero-order chi connectivity index (χ0) is 13.1. The van der Waals surface area contributed by atoms with Gasteiger partial charge in [0.25, 0.3) is 0 Å². The van der Waals surface area contributed by atoms with Gasteiger partial charge in [-0.3, -0.25) is 0 Å². The summed E-state index contributed by atoms with van der Waals surface area (Å²) >= 11 is 0. The molecule has 1 atom stereocenters. The van der Waals surface area contributed by atoms with Gasteiger partial charge in [0.1, 0.15) is 0 Å². The monoisotopic (exact) mass is 253 g/mol. The third-order valence-corrected chi connectivity index (χ3v) is 4.21. The molecule has 1 aliphatic rings. The van der Waals surface area contributed by atoms with Crippen LogP contribution in [0.4, 0.5) is 0 Å². The third-order valence-electron chi connectivity index (χ3n) is 4.21. The SMILES string of the molecule is CCCCCCCCCCC(CC1CC1)NCC. The first kappa shape index (κ1) is 16.0. The van der Waals surface area contributed by atoms with Gasteiger partial charge in [-0.15, -0.1) is 0 Å². The van der Waals surface area contributed by atoms with E-state index in [1.165, 1.54) is 77.0 Å². The summed E-state index contributed by atoms with van der Waals surface area (Å²) in [4.78, 5) is 0. The van der Waals surface area contributed by atoms with Gasteiger partial charge in [-0.05, 0) is 25.3 Å². The molecule has 0 aliphatic heterocycles. The molecule has 1 nitrogen and oxygen atoms in total. The van der Waals surface area contributed by atoms with Gasteiger partial charge in [-0.1, -0.05) is 78.1 Å². The van der Waals surface area contributed by atoms with E-state index in [4.69, 9.17) is 0 Å². The smallest absolute Gasteiger partial charge is 0.00695 e. The van der Waals surface area contributed by atoms with E-state index in [1.807, 2.05) is 0 Å². The molecular formula is C17H35N. The van der Waals surface area contributed by atoms with Gasteiger partial charge in [0, 0.05) is 6.04 Å². The van der Waals surface area contributed by atoms with Crippen molar-refractivity contribution >= 4 is 0 Å². The quantitative estimate of drug-likeness (QED) is 0.439. The van der Waals surface area contributed by atoms with Crippen LogP contribution in [0.3, 0.4) is 0 Å². The highest BCUT2D eigenvalue weighted by Crippen LogP contribution is 2.34. The van der Waals surface area contributed by atoms with Gasteiger partial charge in [0.15, 0.2) is 0 Å². The Labute approximate surface area is 115 Å². The number of hydrogen-bond acceptors (Lipinski definition) is 1. The highest BCUT2D eigenvalue weighted by atomic mass is 14.9. The maximum Gasteiger partial charge on any atom is 0.00695 e. The molecule has 0 aromatic heterocycles. The average molecular weight is 253 g/mol. The molecule has 0 heterocycles. The molecule has 1 fully saturated rings. The van der Waals surface area contributed by atoms with E-state index in [0.717, 1.165) is 18.5 Å². The van der Waals surface area contributed by atoms with Crippen LogP contribution in [0, 0.1) is 5.92 Å². The van der Waals surface area contributed by atoms with Crippen LogP contribution in [-0.4, -0.2) is 12.6 Å². The summed E-state index contributed by atoms with van der Waals surface area (Å²) in [6.45, 7) is 5.68. The third kappa shape index (κ3) is 8.97. The molecule has 0 bridgehead atoms. The molecule has 0 aromatic carbocycles.